The average Bonchev–Trinajstić information content (AvgIpc) is 3.01. The second kappa shape index (κ2) is 6.32. The van der Waals surface area contributed by atoms with Crippen molar-refractivity contribution in [1.82, 2.24) is 14.7 Å². The van der Waals surface area contributed by atoms with Crippen LogP contribution in [0.5, 0.6) is 0 Å². The molecule has 0 spiro atoms. The summed E-state index contributed by atoms with van der Waals surface area (Å²) in [5.41, 5.74) is 1.06. The quantitative estimate of drug-likeness (QED) is 0.736. The van der Waals surface area contributed by atoms with Crippen LogP contribution in [-0.4, -0.2) is 37.5 Å². The van der Waals surface area contributed by atoms with Crippen molar-refractivity contribution in [2.24, 2.45) is 0 Å². The van der Waals surface area contributed by atoms with Crippen LogP contribution in [0.4, 0.5) is 10.2 Å². The summed E-state index contributed by atoms with van der Waals surface area (Å²) in [6, 6.07) is 7.63. The Morgan fingerprint density at radius 3 is 2.84 bits per heavy atom. The van der Waals surface area contributed by atoms with Crippen LogP contribution in [-0.2, 0) is 15.8 Å². The number of hydrogen-bond acceptors (Lipinski definition) is 6. The second-order valence-electron chi connectivity index (χ2n) is 5.90. The highest BCUT2D eigenvalue weighted by Crippen LogP contribution is 2.30. The van der Waals surface area contributed by atoms with Crippen molar-refractivity contribution in [1.29, 1.82) is 0 Å². The number of nitrogens with one attached hydrogen (secondary N) is 1. The highest BCUT2D eigenvalue weighted by atomic mass is 32.2. The molecule has 6 nitrogen and oxygen atoms in total. The van der Waals surface area contributed by atoms with Gasteiger partial charge in [-0.25, -0.2) is 27.5 Å². The Labute approximate surface area is 148 Å². The van der Waals surface area contributed by atoms with E-state index in [4.69, 9.17) is 0 Å². The van der Waals surface area contributed by atoms with E-state index in [1.165, 1.54) is 24.5 Å². The van der Waals surface area contributed by atoms with Gasteiger partial charge in [0.2, 0.25) is 10.0 Å². The minimum atomic E-state index is -3.60. The summed E-state index contributed by atoms with van der Waals surface area (Å²) in [6.45, 7) is 1.06. The maximum absolute atomic E-state index is 13.6. The summed E-state index contributed by atoms with van der Waals surface area (Å²) in [4.78, 5) is 10.5. The van der Waals surface area contributed by atoms with Crippen molar-refractivity contribution >= 4 is 37.4 Å². The van der Waals surface area contributed by atoms with E-state index in [0.29, 0.717) is 13.1 Å². The molecule has 1 aliphatic heterocycles. The van der Waals surface area contributed by atoms with Gasteiger partial charge in [0.25, 0.3) is 0 Å². The molecule has 9 heteroatoms. The van der Waals surface area contributed by atoms with Crippen molar-refractivity contribution in [2.75, 3.05) is 18.0 Å². The molecule has 0 bridgehead atoms. The zero-order valence-electron chi connectivity index (χ0n) is 13.1. The molecule has 130 valence electrons. The molecule has 0 unspecified atom stereocenters. The van der Waals surface area contributed by atoms with E-state index < -0.39 is 15.8 Å². The lowest BCUT2D eigenvalue weighted by Gasteiger charge is -2.40. The molecule has 0 radical (unpaired) electrons. The monoisotopic (exact) mass is 378 g/mol. The molecule has 1 aromatic carbocycles. The highest BCUT2D eigenvalue weighted by Gasteiger charge is 2.32. The number of sulfonamides is 1. The molecule has 1 fully saturated rings. The van der Waals surface area contributed by atoms with Crippen molar-refractivity contribution in [3.05, 3.63) is 53.4 Å². The number of halogens is 1. The van der Waals surface area contributed by atoms with Crippen LogP contribution in [0.2, 0.25) is 0 Å². The standard InChI is InChI=1S/C16H15FN4O2S2/c17-13-4-2-1-3-11(13)9-25(22,23)20-12-7-21(8-12)16-15-14(5-6-24-15)18-10-19-16/h1-6,10,12,20H,7-9H2. The minimum Gasteiger partial charge on any atom is -0.352 e. The van der Waals surface area contributed by atoms with Gasteiger partial charge < -0.3 is 4.90 Å². The van der Waals surface area contributed by atoms with Gasteiger partial charge >= 0.3 is 0 Å². The molecule has 4 rings (SSSR count). The molecular formula is C16H15FN4O2S2. The first-order chi connectivity index (χ1) is 12.0. The van der Waals surface area contributed by atoms with Crippen LogP contribution < -0.4 is 9.62 Å². The van der Waals surface area contributed by atoms with E-state index in [2.05, 4.69) is 14.7 Å². The minimum absolute atomic E-state index is 0.169. The Balaban J connectivity index is 1.41. The number of anilines is 1. The Kier molecular flexibility index (Phi) is 4.14. The number of fused-ring (bicyclic) bond motifs is 1. The van der Waals surface area contributed by atoms with Gasteiger partial charge in [-0.1, -0.05) is 18.2 Å². The first-order valence-corrected chi connectivity index (χ1v) is 10.2. The smallest absolute Gasteiger partial charge is 0.216 e. The van der Waals surface area contributed by atoms with Crippen LogP contribution in [0.1, 0.15) is 5.56 Å². The summed E-state index contributed by atoms with van der Waals surface area (Å²) in [5.74, 6) is -0.0486. The SMILES string of the molecule is O=S(=O)(Cc1ccccc1F)NC1CN(c2ncnc3ccsc23)C1. The van der Waals surface area contributed by atoms with E-state index in [1.54, 1.807) is 17.4 Å². The molecule has 0 aliphatic carbocycles. The van der Waals surface area contributed by atoms with Crippen LogP contribution in [0.25, 0.3) is 10.2 Å². The van der Waals surface area contributed by atoms with Crippen LogP contribution in [0.15, 0.2) is 42.0 Å². The van der Waals surface area contributed by atoms with Crippen LogP contribution in [0.3, 0.4) is 0 Å². The van der Waals surface area contributed by atoms with Gasteiger partial charge in [0.15, 0.2) is 0 Å². The molecule has 1 saturated heterocycles. The van der Waals surface area contributed by atoms with Gasteiger partial charge in [-0.2, -0.15) is 0 Å². The molecule has 0 amide bonds. The third-order valence-corrected chi connectivity index (χ3v) is 6.34. The first-order valence-electron chi connectivity index (χ1n) is 7.68. The van der Waals surface area contributed by atoms with E-state index >= 15 is 0 Å². The first kappa shape index (κ1) is 16.4. The lowest BCUT2D eigenvalue weighted by Crippen LogP contribution is -2.59. The van der Waals surface area contributed by atoms with Crippen molar-refractivity contribution in [3.8, 4) is 0 Å². The third-order valence-electron chi connectivity index (χ3n) is 4.06. The topological polar surface area (TPSA) is 75.2 Å². The number of aromatic nitrogens is 2. The lowest BCUT2D eigenvalue weighted by molar-refractivity contribution is 0.466. The van der Waals surface area contributed by atoms with E-state index in [9.17, 15) is 12.8 Å². The third kappa shape index (κ3) is 3.35. The fraction of sp³-hybridized carbons (Fsp3) is 0.250. The Bertz CT molecular complexity index is 1020. The van der Waals surface area contributed by atoms with Crippen molar-refractivity contribution < 1.29 is 12.8 Å². The number of rotatable bonds is 5. The normalized spacial score (nSPS) is 15.5. The summed E-state index contributed by atoms with van der Waals surface area (Å²) in [5, 5.41) is 1.96. The van der Waals surface area contributed by atoms with Gasteiger partial charge in [0.1, 0.15) is 18.0 Å². The van der Waals surface area contributed by atoms with Crippen LogP contribution in [0, 0.1) is 5.82 Å². The van der Waals surface area contributed by atoms with E-state index in [0.717, 1.165) is 16.0 Å². The highest BCUT2D eigenvalue weighted by molar-refractivity contribution is 7.88. The number of nitrogens with zero attached hydrogens (tertiary/aromatic N) is 3. The molecule has 2 aromatic heterocycles. The fourth-order valence-electron chi connectivity index (χ4n) is 2.84. The van der Waals surface area contributed by atoms with Gasteiger partial charge in [-0.15, -0.1) is 11.3 Å². The molecule has 1 N–H and O–H groups in total. The van der Waals surface area contributed by atoms with E-state index in [-0.39, 0.29) is 17.4 Å². The van der Waals surface area contributed by atoms with Crippen molar-refractivity contribution in [2.45, 2.75) is 11.8 Å². The zero-order chi connectivity index (χ0) is 17.4. The summed E-state index contributed by atoms with van der Waals surface area (Å²) in [6.07, 6.45) is 1.51. The molecule has 1 aliphatic rings. The van der Waals surface area contributed by atoms with Gasteiger partial charge in [-0.05, 0) is 17.5 Å². The molecular weight excluding hydrogens is 363 g/mol. The molecule has 3 heterocycles. The maximum Gasteiger partial charge on any atom is 0.216 e. The van der Waals surface area contributed by atoms with Crippen molar-refractivity contribution in [3.63, 3.8) is 0 Å². The second-order valence-corrected chi connectivity index (χ2v) is 8.57. The van der Waals surface area contributed by atoms with Gasteiger partial charge in [0, 0.05) is 18.7 Å². The number of thiophene rings is 1. The Morgan fingerprint density at radius 2 is 2.04 bits per heavy atom. The molecule has 25 heavy (non-hydrogen) atoms. The predicted molar refractivity (Wildman–Crippen MR) is 95.6 cm³/mol. The Hall–Kier alpha value is -2.10. The average molecular weight is 378 g/mol. The summed E-state index contributed by atoms with van der Waals surface area (Å²) < 4.78 is 41.8. The molecule has 0 saturated carbocycles. The number of hydrogen-bond donors (Lipinski definition) is 1. The Morgan fingerprint density at radius 1 is 1.24 bits per heavy atom. The van der Waals surface area contributed by atoms with Gasteiger partial charge in [0.05, 0.1) is 22.0 Å². The zero-order valence-corrected chi connectivity index (χ0v) is 14.7. The van der Waals surface area contributed by atoms with Gasteiger partial charge in [-0.3, -0.25) is 0 Å². The maximum atomic E-state index is 13.6. The fourth-order valence-corrected chi connectivity index (χ4v) is 5.09. The summed E-state index contributed by atoms with van der Waals surface area (Å²) in [7, 11) is -3.60. The molecule has 3 aromatic rings. The number of benzene rings is 1. The molecule has 0 atom stereocenters. The van der Waals surface area contributed by atoms with E-state index in [1.807, 2.05) is 16.3 Å². The lowest BCUT2D eigenvalue weighted by atomic mass is 10.1. The largest absolute Gasteiger partial charge is 0.352 e. The summed E-state index contributed by atoms with van der Waals surface area (Å²) >= 11 is 1.56. The predicted octanol–water partition coefficient (Wildman–Crippen LogP) is 2.14. The van der Waals surface area contributed by atoms with Crippen LogP contribution >= 0.6 is 11.3 Å².